The number of carboxylic acids is 3. The summed E-state index contributed by atoms with van der Waals surface area (Å²) >= 11 is 0. The number of nitrogens with two attached hydrogens (primary N) is 2. The van der Waals surface area contributed by atoms with E-state index < -0.39 is 72.6 Å². The van der Waals surface area contributed by atoms with Gasteiger partial charge in [-0.3, -0.25) is 24.0 Å². The summed E-state index contributed by atoms with van der Waals surface area (Å²) in [6.45, 7) is 1.61. The van der Waals surface area contributed by atoms with Gasteiger partial charge < -0.3 is 42.7 Å². The number of nitrogens with one attached hydrogen (secondary N) is 3. The third-order valence-electron chi connectivity index (χ3n) is 4.00. The Bertz CT molecular complexity index is 683. The number of carboxylic acid groups (broad SMARTS) is 3. The van der Waals surface area contributed by atoms with Crippen LogP contribution in [0, 0.1) is 0 Å². The van der Waals surface area contributed by atoms with E-state index >= 15 is 0 Å². The van der Waals surface area contributed by atoms with Crippen LogP contribution in [-0.4, -0.2) is 81.7 Å². The van der Waals surface area contributed by atoms with Crippen LogP contribution in [0.1, 0.15) is 39.0 Å². The Balaban J connectivity index is 5.40. The molecule has 14 nitrogen and oxygen atoms in total. The number of rotatable bonds is 15. The topological polar surface area (TPSA) is 251 Å². The quantitative estimate of drug-likeness (QED) is 0.117. The third-order valence-corrected chi connectivity index (χ3v) is 4.00. The smallest absolute Gasteiger partial charge is 0.326 e. The Labute approximate surface area is 177 Å². The second kappa shape index (κ2) is 13.9. The van der Waals surface area contributed by atoms with Crippen molar-refractivity contribution in [2.75, 3.05) is 6.54 Å². The first-order valence-electron chi connectivity index (χ1n) is 9.42. The number of amides is 3. The second-order valence-corrected chi connectivity index (χ2v) is 6.79. The van der Waals surface area contributed by atoms with Crippen LogP contribution in [0.25, 0.3) is 0 Å². The number of hydrogen-bond donors (Lipinski definition) is 8. The summed E-state index contributed by atoms with van der Waals surface area (Å²) < 4.78 is 0. The molecular formula is C17H29N5O9. The van der Waals surface area contributed by atoms with Gasteiger partial charge in [-0.2, -0.15) is 0 Å². The number of unbranched alkanes of at least 4 members (excludes halogenated alkanes) is 1. The van der Waals surface area contributed by atoms with Crippen molar-refractivity contribution in [1.29, 1.82) is 0 Å². The Kier molecular flexibility index (Phi) is 12.4. The van der Waals surface area contributed by atoms with E-state index in [9.17, 15) is 33.9 Å². The first-order chi connectivity index (χ1) is 14.4. The maximum atomic E-state index is 12.4. The highest BCUT2D eigenvalue weighted by atomic mass is 16.4. The summed E-state index contributed by atoms with van der Waals surface area (Å²) in [5, 5.41) is 33.5. The summed E-state index contributed by atoms with van der Waals surface area (Å²) in [6, 6.07) is -5.77. The fourth-order valence-electron chi connectivity index (χ4n) is 2.37. The van der Waals surface area contributed by atoms with E-state index in [-0.39, 0.29) is 6.42 Å². The highest BCUT2D eigenvalue weighted by Crippen LogP contribution is 2.04. The maximum absolute atomic E-state index is 12.4. The number of aliphatic carboxylic acids is 3. The molecule has 3 amide bonds. The summed E-state index contributed by atoms with van der Waals surface area (Å²) in [5.41, 5.74) is 10.7. The first kappa shape index (κ1) is 27.7. The fourth-order valence-corrected chi connectivity index (χ4v) is 2.37. The minimum atomic E-state index is -1.72. The molecular weight excluding hydrogens is 418 g/mol. The van der Waals surface area contributed by atoms with Gasteiger partial charge in [-0.15, -0.1) is 0 Å². The van der Waals surface area contributed by atoms with Crippen molar-refractivity contribution < 1.29 is 44.1 Å². The number of carbonyl (C=O) groups excluding carboxylic acids is 3. The van der Waals surface area contributed by atoms with E-state index in [0.29, 0.717) is 19.4 Å². The van der Waals surface area contributed by atoms with Gasteiger partial charge in [0.15, 0.2) is 0 Å². The van der Waals surface area contributed by atoms with Crippen LogP contribution < -0.4 is 27.4 Å². The van der Waals surface area contributed by atoms with Crippen LogP contribution in [0.5, 0.6) is 0 Å². The van der Waals surface area contributed by atoms with Crippen molar-refractivity contribution >= 4 is 35.6 Å². The minimum Gasteiger partial charge on any atom is -0.481 e. The zero-order chi connectivity index (χ0) is 24.1. The zero-order valence-corrected chi connectivity index (χ0v) is 17.0. The molecule has 0 aliphatic carbocycles. The van der Waals surface area contributed by atoms with Crippen LogP contribution in [0.4, 0.5) is 0 Å². The molecule has 0 aromatic heterocycles. The summed E-state index contributed by atoms with van der Waals surface area (Å²) in [4.78, 5) is 70.0. The van der Waals surface area contributed by atoms with Gasteiger partial charge in [0.25, 0.3) is 0 Å². The molecule has 0 bridgehead atoms. The van der Waals surface area contributed by atoms with Gasteiger partial charge in [0.1, 0.15) is 18.1 Å². The van der Waals surface area contributed by atoms with E-state index in [2.05, 4.69) is 10.6 Å². The van der Waals surface area contributed by atoms with E-state index in [1.807, 2.05) is 5.32 Å². The lowest BCUT2D eigenvalue weighted by Gasteiger charge is -2.23. The molecule has 0 saturated carbocycles. The molecule has 0 aliphatic heterocycles. The molecule has 0 aromatic rings. The molecule has 0 aliphatic rings. The summed E-state index contributed by atoms with van der Waals surface area (Å²) in [6.07, 6.45) is -0.854. The van der Waals surface area contributed by atoms with Gasteiger partial charge in [-0.25, -0.2) is 4.79 Å². The van der Waals surface area contributed by atoms with Crippen LogP contribution in [0.15, 0.2) is 0 Å². The highest BCUT2D eigenvalue weighted by Gasteiger charge is 2.32. The van der Waals surface area contributed by atoms with Crippen LogP contribution in [0.2, 0.25) is 0 Å². The Morgan fingerprint density at radius 2 is 1.16 bits per heavy atom. The van der Waals surface area contributed by atoms with E-state index in [1.165, 1.54) is 6.92 Å². The van der Waals surface area contributed by atoms with Crippen molar-refractivity contribution in [3.05, 3.63) is 0 Å². The van der Waals surface area contributed by atoms with Crippen molar-refractivity contribution in [2.45, 2.75) is 63.2 Å². The van der Waals surface area contributed by atoms with Gasteiger partial charge >= 0.3 is 17.9 Å². The standard InChI is InChI=1S/C17H29N5O9/c1-8(19)14(27)21-10(6-12(23)24)16(29)22-11(7-13(25)26)15(28)20-9(17(30)31)4-2-3-5-18/h8-11H,2-7,18-19H2,1H3,(H,20,28)(H,21,27)(H,22,29)(H,23,24)(H,25,26)(H,30,31). The Hall–Kier alpha value is -3.26. The Morgan fingerprint density at radius 1 is 0.742 bits per heavy atom. The van der Waals surface area contributed by atoms with Crippen LogP contribution in [-0.2, 0) is 28.8 Å². The monoisotopic (exact) mass is 447 g/mol. The predicted molar refractivity (Wildman–Crippen MR) is 104 cm³/mol. The van der Waals surface area contributed by atoms with Crippen LogP contribution in [0.3, 0.4) is 0 Å². The van der Waals surface area contributed by atoms with E-state index in [1.54, 1.807) is 0 Å². The van der Waals surface area contributed by atoms with Crippen molar-refractivity contribution in [1.82, 2.24) is 16.0 Å². The molecule has 0 radical (unpaired) electrons. The fraction of sp³-hybridized carbons (Fsp3) is 0.647. The molecule has 0 spiro atoms. The molecule has 14 heteroatoms. The average molecular weight is 447 g/mol. The lowest BCUT2D eigenvalue weighted by Crippen LogP contribution is -2.57. The van der Waals surface area contributed by atoms with Crippen molar-refractivity contribution in [3.8, 4) is 0 Å². The van der Waals surface area contributed by atoms with Gasteiger partial charge in [0.2, 0.25) is 17.7 Å². The molecule has 0 saturated heterocycles. The SMILES string of the molecule is CC(N)C(=O)NC(CC(=O)O)C(=O)NC(CC(=O)O)C(=O)NC(CCCCN)C(=O)O. The van der Waals surface area contributed by atoms with E-state index in [0.717, 1.165) is 0 Å². The van der Waals surface area contributed by atoms with Crippen LogP contribution >= 0.6 is 0 Å². The third kappa shape index (κ3) is 11.5. The largest absolute Gasteiger partial charge is 0.481 e. The number of hydrogen-bond acceptors (Lipinski definition) is 8. The first-order valence-corrected chi connectivity index (χ1v) is 9.42. The maximum Gasteiger partial charge on any atom is 0.326 e. The number of carbonyl (C=O) groups is 6. The van der Waals surface area contributed by atoms with Gasteiger partial charge in [0.05, 0.1) is 18.9 Å². The van der Waals surface area contributed by atoms with Crippen molar-refractivity contribution in [2.24, 2.45) is 11.5 Å². The molecule has 0 heterocycles. The predicted octanol–water partition coefficient (Wildman–Crippen LogP) is -3.05. The van der Waals surface area contributed by atoms with Gasteiger partial charge in [0, 0.05) is 0 Å². The highest BCUT2D eigenvalue weighted by molar-refractivity contribution is 5.96. The van der Waals surface area contributed by atoms with E-state index in [4.69, 9.17) is 21.7 Å². The Morgan fingerprint density at radius 3 is 1.52 bits per heavy atom. The molecule has 31 heavy (non-hydrogen) atoms. The lowest BCUT2D eigenvalue weighted by molar-refractivity contribution is -0.145. The average Bonchev–Trinajstić information content (AvgIpc) is 2.64. The van der Waals surface area contributed by atoms with Gasteiger partial charge in [-0.05, 0) is 32.7 Å². The summed E-state index contributed by atoms with van der Waals surface area (Å²) in [5.74, 6) is -7.37. The minimum absolute atomic E-state index is 0.0259. The molecule has 10 N–H and O–H groups in total. The molecule has 0 rings (SSSR count). The molecule has 176 valence electrons. The van der Waals surface area contributed by atoms with Crippen molar-refractivity contribution in [3.63, 3.8) is 0 Å². The molecule has 0 aromatic carbocycles. The molecule has 4 unspecified atom stereocenters. The lowest BCUT2D eigenvalue weighted by atomic mass is 10.1. The zero-order valence-electron chi connectivity index (χ0n) is 17.0. The molecule has 4 atom stereocenters. The summed E-state index contributed by atoms with van der Waals surface area (Å²) in [7, 11) is 0. The second-order valence-electron chi connectivity index (χ2n) is 6.79. The van der Waals surface area contributed by atoms with Gasteiger partial charge in [-0.1, -0.05) is 0 Å². The molecule has 0 fully saturated rings. The normalized spacial score (nSPS) is 14.4.